The summed E-state index contributed by atoms with van der Waals surface area (Å²) in [5, 5.41) is 52.9. The number of ether oxygens (including phenoxy) is 2. The van der Waals surface area contributed by atoms with Crippen LogP contribution in [0.3, 0.4) is 0 Å². The molecule has 2 amide bonds. The maximum atomic E-state index is 13.2. The quantitative estimate of drug-likeness (QED) is 0.0837. The predicted molar refractivity (Wildman–Crippen MR) is 189 cm³/mol. The number of unbranched alkanes of at least 4 members (excludes halogenated alkanes) is 2. The van der Waals surface area contributed by atoms with Crippen LogP contribution in [0.25, 0.3) is 11.1 Å². The average molecular weight is 748 g/mol. The number of benzene rings is 2. The van der Waals surface area contributed by atoms with Crippen LogP contribution < -0.4 is 15.4 Å². The van der Waals surface area contributed by atoms with Gasteiger partial charge in [0.2, 0.25) is 0 Å². The lowest BCUT2D eigenvalue weighted by Crippen LogP contribution is -2.50. The van der Waals surface area contributed by atoms with Gasteiger partial charge in [0, 0.05) is 41.6 Å². The van der Waals surface area contributed by atoms with Crippen molar-refractivity contribution in [2.75, 3.05) is 25.4 Å². The molecule has 1 aromatic heterocycles. The van der Waals surface area contributed by atoms with E-state index in [-0.39, 0.29) is 29.9 Å². The van der Waals surface area contributed by atoms with Gasteiger partial charge in [-0.25, -0.2) is 13.2 Å². The van der Waals surface area contributed by atoms with Crippen LogP contribution in [0.15, 0.2) is 65.8 Å². The molecular weight excluding hydrogens is 702 g/mol. The summed E-state index contributed by atoms with van der Waals surface area (Å²) in [7, 11) is -3.63. The van der Waals surface area contributed by atoms with Gasteiger partial charge in [-0.2, -0.15) is 0 Å². The van der Waals surface area contributed by atoms with Crippen LogP contribution in [-0.4, -0.2) is 101 Å². The molecule has 4 atom stereocenters. The minimum Gasteiger partial charge on any atom is -0.490 e. The lowest BCUT2D eigenvalue weighted by molar-refractivity contribution is -0.113. The van der Waals surface area contributed by atoms with E-state index in [9.17, 15) is 33.6 Å². The summed E-state index contributed by atoms with van der Waals surface area (Å²) in [4.78, 5) is 16.6. The second kappa shape index (κ2) is 17.5. The number of urea groups is 1. The van der Waals surface area contributed by atoms with Gasteiger partial charge < -0.3 is 45.6 Å². The molecule has 2 fully saturated rings. The standard InChI is InChI=1S/C36H46ClN3O10S/c37-29-11-10-25(51(47,48)17-5-1-4-15-39-35(46)40-20-30(42)33(44)34(45)31(43)21-41)18-23(29)22-49-36(13-14-36)28-19-38-16-12-26(28)27-6-2-3-7-32(27)50-24-8-9-24/h2-3,6-7,10-12,16,18-19,24,30-31,33-34,41-45H,1,4-5,8-9,13-15,17,20-22H2,(H2,39,40,46). The van der Waals surface area contributed by atoms with E-state index in [2.05, 4.69) is 15.6 Å². The predicted octanol–water partition coefficient (Wildman–Crippen LogP) is 2.83. The molecule has 2 aromatic carbocycles. The molecule has 13 nitrogen and oxygen atoms in total. The van der Waals surface area contributed by atoms with Gasteiger partial charge in [-0.05, 0) is 80.0 Å². The highest BCUT2D eigenvalue weighted by Gasteiger charge is 2.48. The zero-order valence-electron chi connectivity index (χ0n) is 28.2. The van der Waals surface area contributed by atoms with Crippen LogP contribution in [-0.2, 0) is 26.8 Å². The molecule has 1 heterocycles. The Morgan fingerprint density at radius 1 is 0.961 bits per heavy atom. The Labute approximate surface area is 302 Å². The molecule has 15 heteroatoms. The number of hydrogen-bond donors (Lipinski definition) is 7. The Hall–Kier alpha value is -3.34. The Balaban J connectivity index is 1.10. The third-order valence-electron chi connectivity index (χ3n) is 9.06. The molecule has 2 saturated carbocycles. The zero-order valence-corrected chi connectivity index (χ0v) is 29.7. The second-order valence-corrected chi connectivity index (χ2v) is 15.6. The number of carbonyl (C=O) groups excluding carboxylic acids is 1. The van der Waals surface area contributed by atoms with Crippen LogP contribution in [0.4, 0.5) is 4.79 Å². The number of pyridine rings is 1. The van der Waals surface area contributed by atoms with E-state index < -0.39 is 59.0 Å². The average Bonchev–Trinajstić information content (AvgIpc) is 4.08. The number of aromatic nitrogens is 1. The van der Waals surface area contributed by atoms with Gasteiger partial charge in [0.1, 0.15) is 24.1 Å². The topological polar surface area (TPSA) is 208 Å². The van der Waals surface area contributed by atoms with Crippen molar-refractivity contribution in [3.8, 4) is 16.9 Å². The fourth-order valence-corrected chi connectivity index (χ4v) is 7.27. The first-order valence-corrected chi connectivity index (χ1v) is 19.2. The number of aliphatic hydroxyl groups is 5. The Morgan fingerprint density at radius 2 is 1.71 bits per heavy atom. The highest BCUT2D eigenvalue weighted by Crippen LogP contribution is 2.53. The molecule has 0 bridgehead atoms. The summed E-state index contributed by atoms with van der Waals surface area (Å²) in [6.07, 6.45) is 2.07. The molecular formula is C36H46ClN3O10S. The molecule has 0 radical (unpaired) electrons. The highest BCUT2D eigenvalue weighted by atomic mass is 35.5. The first-order valence-electron chi connectivity index (χ1n) is 17.1. The van der Waals surface area contributed by atoms with Gasteiger partial charge in [-0.3, -0.25) is 4.98 Å². The van der Waals surface area contributed by atoms with E-state index in [1.807, 2.05) is 36.5 Å². The van der Waals surface area contributed by atoms with Gasteiger partial charge in [-0.1, -0.05) is 36.2 Å². The normalized spacial score (nSPS) is 17.6. The Bertz CT molecular complexity index is 1740. The fourth-order valence-electron chi connectivity index (χ4n) is 5.68. The van der Waals surface area contributed by atoms with Crippen molar-refractivity contribution in [3.05, 3.63) is 77.1 Å². The lowest BCUT2D eigenvalue weighted by atomic mass is 9.96. The molecule has 2 aliphatic carbocycles. The molecule has 4 unspecified atom stereocenters. The number of carbonyl (C=O) groups is 1. The summed E-state index contributed by atoms with van der Waals surface area (Å²) in [5.41, 5.74) is 2.91. The minimum absolute atomic E-state index is 0.0987. The van der Waals surface area contributed by atoms with Crippen molar-refractivity contribution >= 4 is 27.5 Å². The SMILES string of the molecule is O=C(NCCCCCS(=O)(=O)c1ccc(Cl)c(COC2(c3cnccc3-c3ccccc3OC3CC3)CC2)c1)NCC(O)C(O)C(O)C(O)CO. The highest BCUT2D eigenvalue weighted by molar-refractivity contribution is 7.91. The third kappa shape index (κ3) is 10.4. The van der Waals surface area contributed by atoms with Gasteiger partial charge in [0.05, 0.1) is 41.7 Å². The van der Waals surface area contributed by atoms with Crippen LogP contribution >= 0.6 is 11.6 Å². The summed E-state index contributed by atoms with van der Waals surface area (Å²) < 4.78 is 39.2. The van der Waals surface area contributed by atoms with Gasteiger partial charge in [0.25, 0.3) is 0 Å². The fraction of sp³-hybridized carbons (Fsp3) is 0.500. The van der Waals surface area contributed by atoms with Crippen LogP contribution in [0.5, 0.6) is 5.75 Å². The lowest BCUT2D eigenvalue weighted by Gasteiger charge is -2.25. The number of aliphatic hydroxyl groups excluding tert-OH is 5. The molecule has 0 aliphatic heterocycles. The summed E-state index contributed by atoms with van der Waals surface area (Å²) in [6, 6.07) is 13.9. The van der Waals surface area contributed by atoms with Crippen LogP contribution in [0.1, 0.15) is 56.1 Å². The number of para-hydroxylation sites is 1. The maximum Gasteiger partial charge on any atom is 0.314 e. The summed E-state index contributed by atoms with van der Waals surface area (Å²) >= 11 is 6.52. The first-order chi connectivity index (χ1) is 24.4. The number of nitrogens with one attached hydrogen (secondary N) is 2. The van der Waals surface area contributed by atoms with Crippen molar-refractivity contribution in [1.82, 2.24) is 15.6 Å². The molecule has 278 valence electrons. The largest absolute Gasteiger partial charge is 0.490 e. The minimum atomic E-state index is -3.63. The Morgan fingerprint density at radius 3 is 2.43 bits per heavy atom. The summed E-state index contributed by atoms with van der Waals surface area (Å²) in [6.45, 7) is -0.868. The van der Waals surface area contributed by atoms with Crippen molar-refractivity contribution in [2.45, 2.75) is 92.6 Å². The van der Waals surface area contributed by atoms with E-state index in [1.54, 1.807) is 18.3 Å². The molecule has 51 heavy (non-hydrogen) atoms. The number of rotatable bonds is 20. The Kier molecular flexibility index (Phi) is 13.3. The monoisotopic (exact) mass is 747 g/mol. The van der Waals surface area contributed by atoms with Gasteiger partial charge in [-0.15, -0.1) is 0 Å². The van der Waals surface area contributed by atoms with Crippen molar-refractivity contribution in [1.29, 1.82) is 0 Å². The van der Waals surface area contributed by atoms with E-state index in [0.717, 1.165) is 48.1 Å². The second-order valence-electron chi connectivity index (χ2n) is 13.1. The molecule has 5 rings (SSSR count). The van der Waals surface area contributed by atoms with Gasteiger partial charge >= 0.3 is 6.03 Å². The smallest absolute Gasteiger partial charge is 0.314 e. The number of sulfone groups is 1. The number of hydrogen-bond acceptors (Lipinski definition) is 11. The maximum absolute atomic E-state index is 13.2. The molecule has 2 aliphatic rings. The molecule has 0 saturated heterocycles. The number of nitrogens with zero attached hydrogens (tertiary/aromatic N) is 1. The molecule has 3 aromatic rings. The van der Waals surface area contributed by atoms with E-state index in [0.29, 0.717) is 29.8 Å². The van der Waals surface area contributed by atoms with Crippen molar-refractivity contribution < 1.29 is 48.2 Å². The van der Waals surface area contributed by atoms with Gasteiger partial charge in [0.15, 0.2) is 9.84 Å². The van der Waals surface area contributed by atoms with Crippen LogP contribution in [0, 0.1) is 0 Å². The number of amides is 2. The third-order valence-corrected chi connectivity index (χ3v) is 11.2. The van der Waals surface area contributed by atoms with E-state index in [1.165, 1.54) is 6.07 Å². The van der Waals surface area contributed by atoms with Crippen molar-refractivity contribution in [3.63, 3.8) is 0 Å². The van der Waals surface area contributed by atoms with Crippen molar-refractivity contribution in [2.24, 2.45) is 0 Å². The zero-order chi connectivity index (χ0) is 36.6. The molecule has 0 spiro atoms. The van der Waals surface area contributed by atoms with E-state index in [4.69, 9.17) is 26.2 Å². The number of halogens is 1. The molecule has 7 N–H and O–H groups in total. The first kappa shape index (κ1) is 38.9. The summed E-state index contributed by atoms with van der Waals surface area (Å²) in [5.74, 6) is 0.730. The van der Waals surface area contributed by atoms with E-state index >= 15 is 0 Å². The van der Waals surface area contributed by atoms with Crippen LogP contribution in [0.2, 0.25) is 5.02 Å².